The average molecular weight is 198 g/mol. The van der Waals surface area contributed by atoms with E-state index in [1.54, 1.807) is 0 Å². The molecule has 14 heavy (non-hydrogen) atoms. The van der Waals surface area contributed by atoms with E-state index in [-0.39, 0.29) is 6.10 Å². The minimum absolute atomic E-state index is 0.0401. The van der Waals surface area contributed by atoms with Crippen molar-refractivity contribution in [3.8, 4) is 0 Å². The van der Waals surface area contributed by atoms with Crippen LogP contribution in [0.4, 0.5) is 0 Å². The molecule has 0 aliphatic carbocycles. The van der Waals surface area contributed by atoms with Gasteiger partial charge in [-0.15, -0.1) is 0 Å². The third-order valence-corrected chi connectivity index (χ3v) is 3.47. The quantitative estimate of drug-likeness (QED) is 0.676. The molecule has 0 aromatic heterocycles. The van der Waals surface area contributed by atoms with Crippen LogP contribution in [0, 0.1) is 5.92 Å². The van der Waals surface area contributed by atoms with Crippen LogP contribution in [0.15, 0.2) is 0 Å². The molecule has 0 aromatic rings. The topological polar surface area (TPSA) is 35.5 Å². The van der Waals surface area contributed by atoms with E-state index < -0.39 is 0 Å². The van der Waals surface area contributed by atoms with Gasteiger partial charge in [0.1, 0.15) is 0 Å². The van der Waals surface area contributed by atoms with E-state index in [4.69, 9.17) is 0 Å². The summed E-state index contributed by atoms with van der Waals surface area (Å²) in [6, 6.07) is 0. The van der Waals surface area contributed by atoms with Crippen molar-refractivity contribution in [2.24, 2.45) is 5.92 Å². The first-order valence-corrected chi connectivity index (χ1v) is 5.96. The van der Waals surface area contributed by atoms with E-state index in [0.29, 0.717) is 0 Å². The van der Waals surface area contributed by atoms with Crippen molar-refractivity contribution in [3.63, 3.8) is 0 Å². The summed E-state index contributed by atoms with van der Waals surface area (Å²) in [6.45, 7) is 5.91. The van der Waals surface area contributed by atoms with Gasteiger partial charge in [-0.25, -0.2) is 0 Å². The Kier molecular flexibility index (Phi) is 3.79. The lowest BCUT2D eigenvalue weighted by atomic mass is 10.1. The number of aliphatic hydroxyl groups is 1. The lowest BCUT2D eigenvalue weighted by Crippen LogP contribution is -2.31. The molecular weight excluding hydrogens is 176 g/mol. The summed E-state index contributed by atoms with van der Waals surface area (Å²) in [5, 5.41) is 12.9. The van der Waals surface area contributed by atoms with Crippen LogP contribution >= 0.6 is 0 Å². The Morgan fingerprint density at radius 1 is 1.21 bits per heavy atom. The maximum atomic E-state index is 9.53. The molecule has 2 heterocycles. The van der Waals surface area contributed by atoms with Crippen molar-refractivity contribution >= 4 is 0 Å². The van der Waals surface area contributed by atoms with Gasteiger partial charge >= 0.3 is 0 Å². The molecule has 0 amide bonds. The van der Waals surface area contributed by atoms with E-state index >= 15 is 0 Å². The highest BCUT2D eigenvalue weighted by atomic mass is 16.3. The Morgan fingerprint density at radius 2 is 2.14 bits per heavy atom. The zero-order valence-electron chi connectivity index (χ0n) is 8.91. The third kappa shape index (κ3) is 2.94. The second-order valence-electron chi connectivity index (χ2n) is 4.74. The average Bonchev–Trinajstić information content (AvgIpc) is 2.58. The van der Waals surface area contributed by atoms with Crippen molar-refractivity contribution in [1.29, 1.82) is 0 Å². The van der Waals surface area contributed by atoms with E-state index in [9.17, 15) is 5.11 Å². The third-order valence-electron chi connectivity index (χ3n) is 3.47. The van der Waals surface area contributed by atoms with E-state index in [1.807, 2.05) is 0 Å². The van der Waals surface area contributed by atoms with Gasteiger partial charge in [-0.1, -0.05) is 0 Å². The summed E-state index contributed by atoms with van der Waals surface area (Å²) in [4.78, 5) is 2.54. The molecule has 82 valence electrons. The Morgan fingerprint density at radius 3 is 2.93 bits per heavy atom. The summed E-state index contributed by atoms with van der Waals surface area (Å²) in [5.41, 5.74) is 0. The predicted molar refractivity (Wildman–Crippen MR) is 57.3 cm³/mol. The number of nitrogens with zero attached hydrogens (tertiary/aromatic N) is 1. The fourth-order valence-corrected chi connectivity index (χ4v) is 2.56. The zero-order chi connectivity index (χ0) is 9.80. The smallest absolute Gasteiger partial charge is 0.0553 e. The maximum absolute atomic E-state index is 9.53. The molecule has 2 unspecified atom stereocenters. The van der Waals surface area contributed by atoms with E-state index in [2.05, 4.69) is 10.2 Å². The van der Waals surface area contributed by atoms with Crippen LogP contribution < -0.4 is 5.32 Å². The number of rotatable bonds is 2. The van der Waals surface area contributed by atoms with Gasteiger partial charge in [0.05, 0.1) is 6.10 Å². The number of hydrogen-bond donors (Lipinski definition) is 2. The van der Waals surface area contributed by atoms with Gasteiger partial charge in [-0.3, -0.25) is 0 Å². The van der Waals surface area contributed by atoms with Crippen LogP contribution in [0.2, 0.25) is 0 Å². The van der Waals surface area contributed by atoms with Crippen molar-refractivity contribution in [3.05, 3.63) is 0 Å². The van der Waals surface area contributed by atoms with Gasteiger partial charge in [0.2, 0.25) is 0 Å². The summed E-state index contributed by atoms with van der Waals surface area (Å²) in [5.74, 6) is 0.852. The summed E-state index contributed by atoms with van der Waals surface area (Å²) in [7, 11) is 0. The number of hydrogen-bond acceptors (Lipinski definition) is 3. The Labute approximate surface area is 86.5 Å². The molecule has 2 N–H and O–H groups in total. The highest BCUT2D eigenvalue weighted by Gasteiger charge is 2.20. The van der Waals surface area contributed by atoms with Crippen molar-refractivity contribution < 1.29 is 5.11 Å². The first-order chi connectivity index (χ1) is 6.84. The second-order valence-corrected chi connectivity index (χ2v) is 4.74. The molecule has 3 heteroatoms. The fourth-order valence-electron chi connectivity index (χ4n) is 2.56. The molecule has 2 aliphatic rings. The monoisotopic (exact) mass is 198 g/mol. The number of likely N-dealkylation sites (tertiary alicyclic amines) is 1. The normalized spacial score (nSPS) is 35.8. The van der Waals surface area contributed by atoms with E-state index in [0.717, 1.165) is 25.3 Å². The highest BCUT2D eigenvalue weighted by Crippen LogP contribution is 2.15. The predicted octanol–water partition coefficient (Wildman–Crippen LogP) is 0.443. The molecule has 2 saturated heterocycles. The molecule has 0 saturated carbocycles. The molecule has 2 rings (SSSR count). The highest BCUT2D eigenvalue weighted by molar-refractivity contribution is 4.77. The van der Waals surface area contributed by atoms with Gasteiger partial charge in [0.25, 0.3) is 0 Å². The fraction of sp³-hybridized carbons (Fsp3) is 1.00. The zero-order valence-corrected chi connectivity index (χ0v) is 8.91. The molecule has 0 bridgehead atoms. The molecule has 0 aromatic carbocycles. The maximum Gasteiger partial charge on any atom is 0.0553 e. The first-order valence-electron chi connectivity index (χ1n) is 5.96. The van der Waals surface area contributed by atoms with Crippen molar-refractivity contribution in [1.82, 2.24) is 10.2 Å². The number of aliphatic hydroxyl groups excluding tert-OH is 1. The van der Waals surface area contributed by atoms with Crippen LogP contribution in [0.1, 0.15) is 25.7 Å². The van der Waals surface area contributed by atoms with Crippen LogP contribution in [0.3, 0.4) is 0 Å². The largest absolute Gasteiger partial charge is 0.393 e. The van der Waals surface area contributed by atoms with Crippen LogP contribution in [0.5, 0.6) is 0 Å². The minimum Gasteiger partial charge on any atom is -0.393 e. The number of nitrogens with one attached hydrogen (secondary N) is 1. The molecule has 0 spiro atoms. The molecule has 3 nitrogen and oxygen atoms in total. The first kappa shape index (κ1) is 10.4. The summed E-state index contributed by atoms with van der Waals surface area (Å²) < 4.78 is 0. The Balaban J connectivity index is 1.73. The van der Waals surface area contributed by atoms with Crippen molar-refractivity contribution in [2.45, 2.75) is 31.8 Å². The summed E-state index contributed by atoms with van der Waals surface area (Å²) >= 11 is 0. The van der Waals surface area contributed by atoms with E-state index in [1.165, 1.54) is 39.0 Å². The van der Waals surface area contributed by atoms with Crippen molar-refractivity contribution in [2.75, 3.05) is 32.7 Å². The van der Waals surface area contributed by atoms with Gasteiger partial charge in [-0.05, 0) is 51.2 Å². The van der Waals surface area contributed by atoms with Crippen LogP contribution in [-0.2, 0) is 0 Å². The van der Waals surface area contributed by atoms with Gasteiger partial charge in [0.15, 0.2) is 0 Å². The van der Waals surface area contributed by atoms with Gasteiger partial charge < -0.3 is 15.3 Å². The van der Waals surface area contributed by atoms with Gasteiger partial charge in [-0.2, -0.15) is 0 Å². The minimum atomic E-state index is -0.0401. The molecule has 2 atom stereocenters. The molecular formula is C11H22N2O. The SMILES string of the molecule is OC1CCCN(CC2CCNC2)CC1. The molecule has 2 aliphatic heterocycles. The standard InChI is InChI=1S/C11H22N2O/c14-11-2-1-6-13(7-4-11)9-10-3-5-12-8-10/h10-12,14H,1-9H2. The lowest BCUT2D eigenvalue weighted by Gasteiger charge is -2.23. The van der Waals surface area contributed by atoms with Gasteiger partial charge in [0, 0.05) is 13.1 Å². The molecule has 0 radical (unpaired) electrons. The Bertz CT molecular complexity index is 169. The Hall–Kier alpha value is -0.120. The van der Waals surface area contributed by atoms with Crippen LogP contribution in [-0.4, -0.2) is 48.8 Å². The van der Waals surface area contributed by atoms with Crippen LogP contribution in [0.25, 0.3) is 0 Å². The summed E-state index contributed by atoms with van der Waals surface area (Å²) in [6.07, 6.45) is 4.43. The molecule has 2 fully saturated rings. The lowest BCUT2D eigenvalue weighted by molar-refractivity contribution is 0.153. The second kappa shape index (κ2) is 5.10.